The largest absolute Gasteiger partial charge is 0.473 e. The van der Waals surface area contributed by atoms with Gasteiger partial charge in [-0.25, -0.2) is 4.68 Å². The Hall–Kier alpha value is -4.13. The second-order valence-corrected chi connectivity index (χ2v) is 8.16. The van der Waals surface area contributed by atoms with Gasteiger partial charge in [-0.1, -0.05) is 0 Å². The summed E-state index contributed by atoms with van der Waals surface area (Å²) in [5.41, 5.74) is 8.24. The maximum Gasteiger partial charge on any atom is 0.255 e. The van der Waals surface area contributed by atoms with Crippen molar-refractivity contribution in [2.24, 2.45) is 12.8 Å². The second-order valence-electron chi connectivity index (χ2n) is 8.16. The lowest BCUT2D eigenvalue weighted by molar-refractivity contribution is 0.0880. The van der Waals surface area contributed by atoms with Crippen LogP contribution in [0.25, 0.3) is 5.69 Å². The Morgan fingerprint density at radius 2 is 1.88 bits per heavy atom. The number of nitrogens with zero attached hydrogens (tertiary/aromatic N) is 5. The molecule has 10 nitrogen and oxygen atoms in total. The van der Waals surface area contributed by atoms with Gasteiger partial charge in [-0.3, -0.25) is 14.3 Å². The minimum absolute atomic E-state index is 0.0226. The minimum atomic E-state index is -0.573. The summed E-state index contributed by atoms with van der Waals surface area (Å²) in [6.07, 6.45) is 5.96. The molecule has 1 aromatic carbocycles. The summed E-state index contributed by atoms with van der Waals surface area (Å²) in [4.78, 5) is 24.4. The highest BCUT2D eigenvalue weighted by molar-refractivity contribution is 5.95. The number of hydrogen-bond acceptors (Lipinski definition) is 6. The Balaban J connectivity index is 1.35. The van der Waals surface area contributed by atoms with E-state index in [0.717, 1.165) is 37.1 Å². The third-order valence-corrected chi connectivity index (χ3v) is 5.84. The number of amides is 2. The van der Waals surface area contributed by atoms with Crippen LogP contribution in [0.15, 0.2) is 36.7 Å². The molecule has 4 rings (SSSR count). The number of primary amides is 1. The van der Waals surface area contributed by atoms with Gasteiger partial charge in [0.25, 0.3) is 11.8 Å². The molecule has 10 heteroatoms. The molecule has 1 fully saturated rings. The monoisotopic (exact) mass is 447 g/mol. The van der Waals surface area contributed by atoms with Crippen molar-refractivity contribution in [3.8, 4) is 17.6 Å². The molecule has 0 unspecified atom stereocenters. The van der Waals surface area contributed by atoms with Crippen molar-refractivity contribution in [3.05, 3.63) is 59.0 Å². The molecule has 33 heavy (non-hydrogen) atoms. The number of hydrogen-bond donors (Lipinski definition) is 2. The van der Waals surface area contributed by atoms with E-state index in [0.29, 0.717) is 11.1 Å². The standard InChI is InChI=1S/C23H25N7O3/c1-14-19(12-26-30(14)17-7-3-15(11-24)4-8-17)22(32)27-16-5-9-18(10-6-16)33-23-20(21(25)31)13-29(2)28-23/h3-4,7-8,12-13,16,18H,5-6,9-10H2,1-2H3,(H2,25,31)(H,27,32)/t16-,18-. The first-order valence-electron chi connectivity index (χ1n) is 10.7. The Kier molecular flexibility index (Phi) is 6.13. The van der Waals surface area contributed by atoms with Crippen LogP contribution in [-0.4, -0.2) is 43.5 Å². The SMILES string of the molecule is Cc1c(C(=O)N[C@H]2CC[C@H](Oc3nn(C)cc3C(N)=O)CC2)cnn1-c1ccc(C#N)cc1. The Morgan fingerprint density at radius 1 is 1.18 bits per heavy atom. The van der Waals surface area contributed by atoms with E-state index in [2.05, 4.69) is 21.6 Å². The van der Waals surface area contributed by atoms with E-state index >= 15 is 0 Å². The van der Waals surface area contributed by atoms with Crippen molar-refractivity contribution in [2.75, 3.05) is 0 Å². The summed E-state index contributed by atoms with van der Waals surface area (Å²) in [7, 11) is 1.71. The van der Waals surface area contributed by atoms with Crippen LogP contribution >= 0.6 is 0 Å². The average molecular weight is 447 g/mol. The molecular weight excluding hydrogens is 422 g/mol. The first-order chi connectivity index (χ1) is 15.9. The molecule has 0 spiro atoms. The summed E-state index contributed by atoms with van der Waals surface area (Å²) in [6, 6.07) is 9.14. The molecule has 1 saturated carbocycles. The van der Waals surface area contributed by atoms with E-state index in [1.165, 1.54) is 4.68 Å². The van der Waals surface area contributed by atoms with Crippen molar-refractivity contribution >= 4 is 11.8 Å². The van der Waals surface area contributed by atoms with Gasteiger partial charge in [0, 0.05) is 19.3 Å². The van der Waals surface area contributed by atoms with E-state index in [4.69, 9.17) is 15.7 Å². The lowest BCUT2D eigenvalue weighted by Crippen LogP contribution is -2.40. The number of nitrogens with one attached hydrogen (secondary N) is 1. The van der Waals surface area contributed by atoms with Gasteiger partial charge >= 0.3 is 0 Å². The van der Waals surface area contributed by atoms with Crippen LogP contribution in [0.2, 0.25) is 0 Å². The normalized spacial score (nSPS) is 17.8. The van der Waals surface area contributed by atoms with Crippen LogP contribution in [-0.2, 0) is 7.05 Å². The molecule has 0 aliphatic heterocycles. The zero-order valence-electron chi connectivity index (χ0n) is 18.5. The van der Waals surface area contributed by atoms with Crippen molar-refractivity contribution in [3.63, 3.8) is 0 Å². The fourth-order valence-electron chi connectivity index (χ4n) is 4.04. The quantitative estimate of drug-likeness (QED) is 0.592. The van der Waals surface area contributed by atoms with E-state index in [1.807, 2.05) is 6.92 Å². The average Bonchev–Trinajstić information content (AvgIpc) is 3.37. The van der Waals surface area contributed by atoms with Gasteiger partial charge in [-0.2, -0.15) is 10.4 Å². The topological polar surface area (TPSA) is 141 Å². The van der Waals surface area contributed by atoms with E-state index in [1.54, 1.807) is 48.4 Å². The molecule has 3 N–H and O–H groups in total. The minimum Gasteiger partial charge on any atom is -0.473 e. The van der Waals surface area contributed by atoms with E-state index < -0.39 is 5.91 Å². The predicted octanol–water partition coefficient (Wildman–Crippen LogP) is 2.00. The molecule has 2 amide bonds. The number of nitrogens with two attached hydrogens (primary N) is 1. The predicted molar refractivity (Wildman–Crippen MR) is 119 cm³/mol. The Morgan fingerprint density at radius 3 is 2.52 bits per heavy atom. The molecule has 0 bridgehead atoms. The highest BCUT2D eigenvalue weighted by Gasteiger charge is 2.27. The number of aryl methyl sites for hydroxylation is 1. The van der Waals surface area contributed by atoms with Gasteiger partial charge in [0.15, 0.2) is 0 Å². The molecule has 3 aromatic rings. The molecule has 2 heterocycles. The third-order valence-electron chi connectivity index (χ3n) is 5.84. The van der Waals surface area contributed by atoms with Crippen LogP contribution in [0.5, 0.6) is 5.88 Å². The molecular formula is C23H25N7O3. The fraction of sp³-hybridized carbons (Fsp3) is 0.348. The number of aromatic nitrogens is 4. The van der Waals surface area contributed by atoms with Crippen LogP contribution in [0.1, 0.15) is 57.7 Å². The number of benzene rings is 1. The van der Waals surface area contributed by atoms with Gasteiger partial charge in [-0.05, 0) is 56.9 Å². The Bertz CT molecular complexity index is 1210. The van der Waals surface area contributed by atoms with Gasteiger partial charge < -0.3 is 15.8 Å². The Labute approximate surface area is 190 Å². The third kappa shape index (κ3) is 4.72. The van der Waals surface area contributed by atoms with Gasteiger partial charge in [0.05, 0.1) is 34.8 Å². The zero-order valence-corrected chi connectivity index (χ0v) is 18.5. The molecule has 1 aliphatic rings. The smallest absolute Gasteiger partial charge is 0.255 e. The summed E-state index contributed by atoms with van der Waals surface area (Å²) in [6.45, 7) is 1.84. The summed E-state index contributed by atoms with van der Waals surface area (Å²) < 4.78 is 9.10. The molecule has 2 aromatic heterocycles. The summed E-state index contributed by atoms with van der Waals surface area (Å²) >= 11 is 0. The molecule has 0 radical (unpaired) electrons. The molecule has 1 aliphatic carbocycles. The van der Waals surface area contributed by atoms with Crippen LogP contribution in [0.4, 0.5) is 0 Å². The molecule has 170 valence electrons. The second kappa shape index (κ2) is 9.16. The number of ether oxygens (including phenoxy) is 1. The highest BCUT2D eigenvalue weighted by Crippen LogP contribution is 2.25. The van der Waals surface area contributed by atoms with Crippen molar-refractivity contribution < 1.29 is 14.3 Å². The number of nitriles is 1. The van der Waals surface area contributed by atoms with Crippen molar-refractivity contribution in [2.45, 2.75) is 44.8 Å². The van der Waals surface area contributed by atoms with Crippen molar-refractivity contribution in [1.29, 1.82) is 5.26 Å². The summed E-state index contributed by atoms with van der Waals surface area (Å²) in [5, 5.41) is 20.6. The maximum absolute atomic E-state index is 12.9. The van der Waals surface area contributed by atoms with Crippen LogP contribution in [0.3, 0.4) is 0 Å². The highest BCUT2D eigenvalue weighted by atomic mass is 16.5. The van der Waals surface area contributed by atoms with Gasteiger partial charge in [-0.15, -0.1) is 5.10 Å². The number of carbonyl (C=O) groups is 2. The first kappa shape index (κ1) is 22.1. The van der Waals surface area contributed by atoms with Gasteiger partial charge in [0.2, 0.25) is 5.88 Å². The molecule has 0 atom stereocenters. The number of rotatable bonds is 6. The molecule has 0 saturated heterocycles. The lowest BCUT2D eigenvalue weighted by atomic mass is 9.92. The number of carbonyl (C=O) groups excluding carboxylic acids is 2. The van der Waals surface area contributed by atoms with Crippen LogP contribution in [0, 0.1) is 18.3 Å². The van der Waals surface area contributed by atoms with E-state index in [9.17, 15) is 9.59 Å². The van der Waals surface area contributed by atoms with E-state index in [-0.39, 0.29) is 29.5 Å². The van der Waals surface area contributed by atoms with Gasteiger partial charge in [0.1, 0.15) is 11.7 Å². The fourth-order valence-corrected chi connectivity index (χ4v) is 4.04. The summed E-state index contributed by atoms with van der Waals surface area (Å²) in [5.74, 6) is -0.489. The maximum atomic E-state index is 12.9. The lowest BCUT2D eigenvalue weighted by Gasteiger charge is -2.29. The zero-order chi connectivity index (χ0) is 23.5. The van der Waals surface area contributed by atoms with Crippen LogP contribution < -0.4 is 15.8 Å². The first-order valence-corrected chi connectivity index (χ1v) is 10.7. The van der Waals surface area contributed by atoms with Crippen molar-refractivity contribution in [1.82, 2.24) is 24.9 Å².